The molecule has 0 saturated carbocycles. The van der Waals surface area contributed by atoms with Crippen LogP contribution in [0, 0.1) is 0 Å². The molecule has 0 aliphatic heterocycles. The molecule has 42 heavy (non-hydrogen) atoms. The summed E-state index contributed by atoms with van der Waals surface area (Å²) in [5, 5.41) is 0. The van der Waals surface area contributed by atoms with Crippen LogP contribution in [0.2, 0.25) is 0 Å². The predicted molar refractivity (Wildman–Crippen MR) is 173 cm³/mol. The summed E-state index contributed by atoms with van der Waals surface area (Å²) < 4.78 is 2.27. The molecule has 2 aromatic carbocycles. The van der Waals surface area contributed by atoms with Crippen molar-refractivity contribution in [3.05, 3.63) is 146 Å². The maximum Gasteiger partial charge on any atom is 0.0721 e. The molecule has 6 rings (SSSR count). The van der Waals surface area contributed by atoms with Crippen LogP contribution in [0.3, 0.4) is 0 Å². The Labute approximate surface area is 246 Å². The summed E-state index contributed by atoms with van der Waals surface area (Å²) in [6, 6.07) is 33.8. The van der Waals surface area contributed by atoms with Crippen LogP contribution < -0.4 is 0 Å². The average Bonchev–Trinajstić information content (AvgIpc) is 3.51. The molecule has 204 valence electrons. The summed E-state index contributed by atoms with van der Waals surface area (Å²) in [5.74, 6) is 0. The van der Waals surface area contributed by atoms with Gasteiger partial charge in [-0.1, -0.05) is 24.3 Å². The largest absolute Gasteiger partial charge is 0.309 e. The van der Waals surface area contributed by atoms with E-state index >= 15 is 0 Å². The van der Waals surface area contributed by atoms with Gasteiger partial charge in [-0.25, -0.2) is 0 Å². The van der Waals surface area contributed by atoms with Gasteiger partial charge in [0.25, 0.3) is 0 Å². The first kappa shape index (κ1) is 26.8. The van der Waals surface area contributed by atoms with Crippen LogP contribution in [0.4, 0.5) is 0 Å². The third-order valence-corrected chi connectivity index (χ3v) is 7.24. The van der Waals surface area contributed by atoms with Crippen molar-refractivity contribution < 1.29 is 0 Å². The van der Waals surface area contributed by atoms with Crippen LogP contribution in [0.25, 0.3) is 50.6 Å². The molecule has 5 heteroatoms. The minimum absolute atomic E-state index is 0.00633. The minimum atomic E-state index is 0.00633. The summed E-state index contributed by atoms with van der Waals surface area (Å²) in [4.78, 5) is 18.1. The standard InChI is InChI=1S/C37H31N5/c1-3-4-20-40-27(2)31-22-32(24-33(23-31)35-11-5-6-21-41-35)28-12-14-34(15-13-28)42-36(29-9-7-18-38-25-29)16-17-37(42)30-10-8-19-39-26-30/h3-27H,1-2H3/b4-3-,40-20?/t27-/m1/s1. The third kappa shape index (κ3) is 5.72. The van der Waals surface area contributed by atoms with E-state index in [1.807, 2.05) is 74.2 Å². The van der Waals surface area contributed by atoms with E-state index in [1.54, 1.807) is 12.4 Å². The second-order valence-corrected chi connectivity index (χ2v) is 10.0. The van der Waals surface area contributed by atoms with Crippen molar-refractivity contribution in [2.24, 2.45) is 4.99 Å². The van der Waals surface area contributed by atoms with Crippen LogP contribution in [-0.2, 0) is 0 Å². The van der Waals surface area contributed by atoms with Crippen molar-refractivity contribution in [3.8, 4) is 50.6 Å². The van der Waals surface area contributed by atoms with E-state index in [4.69, 9.17) is 4.99 Å². The Kier molecular flexibility index (Phi) is 7.91. The fourth-order valence-corrected chi connectivity index (χ4v) is 5.09. The molecule has 0 N–H and O–H groups in total. The maximum atomic E-state index is 4.73. The first-order chi connectivity index (χ1) is 20.7. The molecule has 0 radical (unpaired) electrons. The third-order valence-electron chi connectivity index (χ3n) is 7.24. The van der Waals surface area contributed by atoms with Crippen LogP contribution in [0.15, 0.2) is 145 Å². The molecule has 0 aliphatic rings. The highest BCUT2D eigenvalue weighted by Gasteiger charge is 2.15. The van der Waals surface area contributed by atoms with Crippen molar-refractivity contribution in [1.29, 1.82) is 0 Å². The summed E-state index contributed by atoms with van der Waals surface area (Å²) in [7, 11) is 0. The zero-order valence-corrected chi connectivity index (χ0v) is 23.7. The summed E-state index contributed by atoms with van der Waals surface area (Å²) in [5.41, 5.74) is 10.7. The Morgan fingerprint density at radius 3 is 1.95 bits per heavy atom. The highest BCUT2D eigenvalue weighted by Crippen LogP contribution is 2.34. The van der Waals surface area contributed by atoms with Gasteiger partial charge in [-0.3, -0.25) is 19.9 Å². The van der Waals surface area contributed by atoms with Gasteiger partial charge >= 0.3 is 0 Å². The second-order valence-electron chi connectivity index (χ2n) is 10.0. The Bertz CT molecular complexity index is 1760. The van der Waals surface area contributed by atoms with Crippen LogP contribution in [-0.4, -0.2) is 25.7 Å². The Hall–Kier alpha value is -5.42. The summed E-state index contributed by atoms with van der Waals surface area (Å²) in [6.45, 7) is 4.11. The van der Waals surface area contributed by atoms with Gasteiger partial charge in [0.1, 0.15) is 0 Å². The fourth-order valence-electron chi connectivity index (χ4n) is 5.09. The molecular formula is C37H31N5. The van der Waals surface area contributed by atoms with Gasteiger partial charge in [0.15, 0.2) is 0 Å². The lowest BCUT2D eigenvalue weighted by atomic mass is 9.95. The van der Waals surface area contributed by atoms with E-state index in [0.29, 0.717) is 0 Å². The normalized spacial score (nSPS) is 12.2. The van der Waals surface area contributed by atoms with Gasteiger partial charge in [0, 0.05) is 59.6 Å². The molecule has 0 bridgehead atoms. The second kappa shape index (κ2) is 12.4. The van der Waals surface area contributed by atoms with Crippen LogP contribution >= 0.6 is 0 Å². The van der Waals surface area contributed by atoms with Crippen molar-refractivity contribution in [2.75, 3.05) is 0 Å². The molecule has 6 aromatic rings. The molecule has 0 fully saturated rings. The van der Waals surface area contributed by atoms with Crippen molar-refractivity contribution in [3.63, 3.8) is 0 Å². The van der Waals surface area contributed by atoms with Crippen LogP contribution in [0.5, 0.6) is 0 Å². The summed E-state index contributed by atoms with van der Waals surface area (Å²) in [6.07, 6.45) is 15.0. The maximum absolute atomic E-state index is 4.73. The number of hydrogen-bond donors (Lipinski definition) is 0. The van der Waals surface area contributed by atoms with Crippen molar-refractivity contribution in [2.45, 2.75) is 19.9 Å². The Balaban J connectivity index is 1.44. The number of nitrogens with zero attached hydrogens (tertiary/aromatic N) is 5. The number of benzene rings is 2. The average molecular weight is 546 g/mol. The molecule has 0 amide bonds. The van der Waals surface area contributed by atoms with Crippen molar-refractivity contribution in [1.82, 2.24) is 19.5 Å². The van der Waals surface area contributed by atoms with Gasteiger partial charge in [-0.05, 0) is 115 Å². The lowest BCUT2D eigenvalue weighted by molar-refractivity contribution is 0.826. The number of allylic oxidation sites excluding steroid dienone is 2. The lowest BCUT2D eigenvalue weighted by Gasteiger charge is -2.16. The van der Waals surface area contributed by atoms with E-state index in [-0.39, 0.29) is 6.04 Å². The fraction of sp³-hybridized carbons (Fsp3) is 0.0811. The lowest BCUT2D eigenvalue weighted by Crippen LogP contribution is -2.00. The molecule has 0 saturated heterocycles. The van der Waals surface area contributed by atoms with E-state index in [0.717, 1.165) is 56.1 Å². The number of aliphatic imine (C=N–C) groups is 1. The monoisotopic (exact) mass is 545 g/mol. The zero-order chi connectivity index (χ0) is 28.7. The molecule has 0 aliphatic carbocycles. The summed E-state index contributed by atoms with van der Waals surface area (Å²) >= 11 is 0. The van der Waals surface area contributed by atoms with E-state index in [9.17, 15) is 0 Å². The molecular weight excluding hydrogens is 514 g/mol. The molecule has 0 spiro atoms. The highest BCUT2D eigenvalue weighted by molar-refractivity contribution is 5.76. The van der Waals surface area contributed by atoms with Gasteiger partial charge < -0.3 is 4.57 Å². The molecule has 0 unspecified atom stereocenters. The number of aromatic nitrogens is 4. The van der Waals surface area contributed by atoms with Crippen molar-refractivity contribution >= 4 is 6.21 Å². The van der Waals surface area contributed by atoms with E-state index < -0.39 is 0 Å². The molecule has 1 atom stereocenters. The minimum Gasteiger partial charge on any atom is -0.309 e. The number of rotatable bonds is 8. The van der Waals surface area contributed by atoms with E-state index in [2.05, 4.69) is 93.2 Å². The first-order valence-corrected chi connectivity index (χ1v) is 14.1. The van der Waals surface area contributed by atoms with Gasteiger partial charge in [0.2, 0.25) is 0 Å². The zero-order valence-electron chi connectivity index (χ0n) is 23.7. The quantitative estimate of drug-likeness (QED) is 0.179. The topological polar surface area (TPSA) is 56.0 Å². The number of hydrogen-bond acceptors (Lipinski definition) is 4. The Morgan fingerprint density at radius 1 is 0.667 bits per heavy atom. The smallest absolute Gasteiger partial charge is 0.0721 e. The SMILES string of the molecule is C/C=C\C=N[C@H](C)c1cc(-c2ccc(-n3c(-c4cccnc4)ccc3-c3cccnc3)cc2)cc(-c2ccccn2)c1. The first-order valence-electron chi connectivity index (χ1n) is 14.1. The predicted octanol–water partition coefficient (Wildman–Crippen LogP) is 9.04. The van der Waals surface area contributed by atoms with Gasteiger partial charge in [0.05, 0.1) is 23.1 Å². The number of pyridine rings is 3. The molecule has 4 heterocycles. The van der Waals surface area contributed by atoms with Crippen LogP contribution in [0.1, 0.15) is 25.5 Å². The molecule has 5 nitrogen and oxygen atoms in total. The van der Waals surface area contributed by atoms with Gasteiger partial charge in [-0.2, -0.15) is 0 Å². The van der Waals surface area contributed by atoms with Gasteiger partial charge in [-0.15, -0.1) is 0 Å². The Morgan fingerprint density at radius 2 is 1.36 bits per heavy atom. The molecule has 4 aromatic heterocycles. The highest BCUT2D eigenvalue weighted by atomic mass is 15.0. The van der Waals surface area contributed by atoms with E-state index in [1.165, 1.54) is 0 Å².